The lowest BCUT2D eigenvalue weighted by Gasteiger charge is -2.34. The van der Waals surface area contributed by atoms with Crippen molar-refractivity contribution in [2.75, 3.05) is 11.9 Å². The molecule has 0 aliphatic carbocycles. The molecule has 0 fully saturated rings. The van der Waals surface area contributed by atoms with Crippen LogP contribution in [0.2, 0.25) is 5.02 Å². The minimum atomic E-state index is -1.77. The quantitative estimate of drug-likeness (QED) is 0.430. The predicted octanol–water partition coefficient (Wildman–Crippen LogP) is 4.46. The summed E-state index contributed by atoms with van der Waals surface area (Å²) in [5.74, 6) is -1.94. The molecule has 2 amide bonds. The maximum atomic E-state index is 14.1. The number of hydrogen-bond acceptors (Lipinski definition) is 4. The third-order valence-electron chi connectivity index (χ3n) is 6.61. The summed E-state index contributed by atoms with van der Waals surface area (Å²) in [4.78, 5) is 44.3. The third-order valence-corrected chi connectivity index (χ3v) is 6.98. The van der Waals surface area contributed by atoms with E-state index in [0.29, 0.717) is 21.8 Å². The molecule has 1 spiro atoms. The number of anilines is 1. The minimum absolute atomic E-state index is 0.0367. The first-order valence-electron chi connectivity index (χ1n) is 10.6. The number of rotatable bonds is 2. The zero-order valence-corrected chi connectivity index (χ0v) is 18.6. The van der Waals surface area contributed by atoms with Crippen LogP contribution in [0.4, 0.5) is 10.1 Å². The van der Waals surface area contributed by atoms with E-state index < -0.39 is 28.6 Å². The van der Waals surface area contributed by atoms with Crippen molar-refractivity contribution in [1.29, 1.82) is 0 Å². The fraction of sp³-hybridized carbons (Fsp3) is 0.115. The molecule has 1 aromatic heterocycles. The summed E-state index contributed by atoms with van der Waals surface area (Å²) in [7, 11) is 1.59. The topological polar surface area (TPSA) is 70.8 Å². The van der Waals surface area contributed by atoms with Gasteiger partial charge in [-0.3, -0.25) is 14.4 Å². The molecule has 4 aromatic rings. The van der Waals surface area contributed by atoms with Gasteiger partial charge in [0.25, 0.3) is 11.8 Å². The smallest absolute Gasteiger partial charge is 0.291 e. The van der Waals surface area contributed by atoms with Crippen molar-refractivity contribution < 1.29 is 18.4 Å². The third kappa shape index (κ3) is 2.47. The van der Waals surface area contributed by atoms with Crippen LogP contribution < -0.4 is 10.3 Å². The minimum Gasteiger partial charge on any atom is -0.450 e. The molecular weight excluding hydrogens is 459 g/mol. The molecule has 2 aliphatic rings. The summed E-state index contributed by atoms with van der Waals surface area (Å²) in [5, 5.41) is 0.380. The van der Waals surface area contributed by atoms with Gasteiger partial charge in [0, 0.05) is 29.9 Å². The first kappa shape index (κ1) is 20.6. The highest BCUT2D eigenvalue weighted by Crippen LogP contribution is 2.52. The van der Waals surface area contributed by atoms with Gasteiger partial charge < -0.3 is 14.2 Å². The van der Waals surface area contributed by atoms with Gasteiger partial charge in [-0.25, -0.2) is 4.39 Å². The van der Waals surface area contributed by atoms with Crippen LogP contribution in [0.15, 0.2) is 75.9 Å². The Morgan fingerprint density at radius 1 is 1.00 bits per heavy atom. The van der Waals surface area contributed by atoms with Gasteiger partial charge in [0.05, 0.1) is 10.9 Å². The van der Waals surface area contributed by atoms with E-state index in [0.717, 1.165) is 12.1 Å². The van der Waals surface area contributed by atoms with Crippen LogP contribution in [0.3, 0.4) is 0 Å². The van der Waals surface area contributed by atoms with Crippen LogP contribution in [-0.4, -0.2) is 23.8 Å². The average Bonchev–Trinajstić information content (AvgIpc) is 3.21. The summed E-state index contributed by atoms with van der Waals surface area (Å²) < 4.78 is 19.9. The second-order valence-electron chi connectivity index (χ2n) is 8.35. The lowest BCUT2D eigenvalue weighted by molar-refractivity contribution is -0.126. The van der Waals surface area contributed by atoms with Crippen molar-refractivity contribution in [2.45, 2.75) is 12.1 Å². The Morgan fingerprint density at radius 2 is 1.74 bits per heavy atom. The van der Waals surface area contributed by atoms with E-state index >= 15 is 0 Å². The number of fused-ring (bicyclic) bond motifs is 5. The van der Waals surface area contributed by atoms with Gasteiger partial charge in [-0.05, 0) is 35.9 Å². The Bertz CT molecular complexity index is 1610. The van der Waals surface area contributed by atoms with Gasteiger partial charge in [-0.2, -0.15) is 0 Å². The Balaban J connectivity index is 1.73. The molecule has 3 aromatic carbocycles. The standard InChI is InChI=1S/C26H16ClFN2O4/c1-29-19-9-5-3-7-17(19)26(25(29)33)21-22(31)16-12-15(28)10-11-20(16)34-23(21)24(32)30(26)13-14-6-2-4-8-18(14)27/h2-12H,13H2,1H3. The second kappa shape index (κ2) is 7.01. The van der Waals surface area contributed by atoms with Crippen molar-refractivity contribution in [3.8, 4) is 0 Å². The van der Waals surface area contributed by atoms with Gasteiger partial charge >= 0.3 is 0 Å². The molecule has 168 valence electrons. The summed E-state index contributed by atoms with van der Waals surface area (Å²) in [6.07, 6.45) is 0. The van der Waals surface area contributed by atoms with Gasteiger partial charge in [0.2, 0.25) is 5.76 Å². The van der Waals surface area contributed by atoms with Gasteiger partial charge in [0.15, 0.2) is 11.0 Å². The Morgan fingerprint density at radius 3 is 2.53 bits per heavy atom. The molecule has 34 heavy (non-hydrogen) atoms. The molecule has 6 rings (SSSR count). The van der Waals surface area contributed by atoms with Crippen molar-refractivity contribution in [1.82, 2.24) is 4.90 Å². The first-order valence-corrected chi connectivity index (χ1v) is 10.9. The molecule has 3 heterocycles. The Kier molecular flexibility index (Phi) is 4.25. The molecule has 0 radical (unpaired) electrons. The summed E-state index contributed by atoms with van der Waals surface area (Å²) in [6.45, 7) is -0.0409. The van der Waals surface area contributed by atoms with E-state index in [-0.39, 0.29) is 28.8 Å². The van der Waals surface area contributed by atoms with Crippen LogP contribution in [0.1, 0.15) is 27.2 Å². The molecule has 8 heteroatoms. The Hall–Kier alpha value is -3.97. The monoisotopic (exact) mass is 474 g/mol. The average molecular weight is 475 g/mol. The van der Waals surface area contributed by atoms with Gasteiger partial charge in [0.1, 0.15) is 11.4 Å². The van der Waals surface area contributed by atoms with Crippen molar-refractivity contribution in [2.24, 2.45) is 0 Å². The molecule has 0 N–H and O–H groups in total. The van der Waals surface area contributed by atoms with Crippen LogP contribution in [0.25, 0.3) is 11.0 Å². The van der Waals surface area contributed by atoms with Crippen LogP contribution >= 0.6 is 11.6 Å². The van der Waals surface area contributed by atoms with E-state index in [1.165, 1.54) is 15.9 Å². The highest BCUT2D eigenvalue weighted by atomic mass is 35.5. The van der Waals surface area contributed by atoms with E-state index in [4.69, 9.17) is 16.0 Å². The number of carbonyl (C=O) groups excluding carboxylic acids is 2. The fourth-order valence-electron chi connectivity index (χ4n) is 5.09. The maximum absolute atomic E-state index is 14.1. The molecule has 2 aliphatic heterocycles. The number of likely N-dealkylation sites (N-methyl/N-ethyl adjacent to an activating group) is 1. The predicted molar refractivity (Wildman–Crippen MR) is 124 cm³/mol. The number of para-hydroxylation sites is 1. The zero-order valence-electron chi connectivity index (χ0n) is 17.8. The lowest BCUT2D eigenvalue weighted by atomic mass is 9.83. The number of benzene rings is 3. The molecule has 0 saturated heterocycles. The zero-order chi connectivity index (χ0) is 23.8. The number of hydrogen-bond donors (Lipinski definition) is 0. The van der Waals surface area contributed by atoms with E-state index in [1.807, 2.05) is 0 Å². The van der Waals surface area contributed by atoms with Crippen molar-refractivity contribution >= 4 is 40.1 Å². The summed E-state index contributed by atoms with van der Waals surface area (Å²) in [6, 6.07) is 17.5. The highest BCUT2D eigenvalue weighted by Gasteiger charge is 2.64. The number of nitrogens with zero attached hydrogens (tertiary/aromatic N) is 2. The van der Waals surface area contributed by atoms with Crippen LogP contribution in [-0.2, 0) is 16.9 Å². The van der Waals surface area contributed by atoms with Crippen LogP contribution in [0.5, 0.6) is 0 Å². The molecule has 0 bridgehead atoms. The maximum Gasteiger partial charge on any atom is 0.291 e. The van der Waals surface area contributed by atoms with E-state index in [9.17, 15) is 18.8 Å². The van der Waals surface area contributed by atoms with Gasteiger partial charge in [-0.15, -0.1) is 0 Å². The summed E-state index contributed by atoms with van der Waals surface area (Å²) in [5.41, 5.74) is -0.778. The summed E-state index contributed by atoms with van der Waals surface area (Å²) >= 11 is 6.40. The molecule has 0 saturated carbocycles. The lowest BCUT2D eigenvalue weighted by Crippen LogP contribution is -2.52. The largest absolute Gasteiger partial charge is 0.450 e. The van der Waals surface area contributed by atoms with Gasteiger partial charge in [-0.1, -0.05) is 48.0 Å². The SMILES string of the molecule is CN1C(=O)C2(c3ccccc31)c1c(oc3ccc(F)cc3c1=O)C(=O)N2Cc1ccccc1Cl. The normalized spacial score (nSPS) is 18.8. The fourth-order valence-corrected chi connectivity index (χ4v) is 5.28. The number of amides is 2. The second-order valence-corrected chi connectivity index (χ2v) is 8.76. The number of carbonyl (C=O) groups is 2. The van der Waals surface area contributed by atoms with E-state index in [2.05, 4.69) is 0 Å². The molecule has 6 nitrogen and oxygen atoms in total. The molecular formula is C26H16ClFN2O4. The molecule has 1 unspecified atom stereocenters. The highest BCUT2D eigenvalue weighted by molar-refractivity contribution is 6.31. The van der Waals surface area contributed by atoms with Crippen molar-refractivity contribution in [3.05, 3.63) is 110 Å². The first-order chi connectivity index (χ1) is 16.4. The molecule has 1 atom stereocenters. The Labute approximate surface area is 197 Å². The number of halogens is 2. The van der Waals surface area contributed by atoms with Crippen LogP contribution in [0, 0.1) is 5.82 Å². The van der Waals surface area contributed by atoms with E-state index in [1.54, 1.807) is 55.6 Å². The van der Waals surface area contributed by atoms with Crippen molar-refractivity contribution in [3.63, 3.8) is 0 Å².